The van der Waals surface area contributed by atoms with Gasteiger partial charge in [0.15, 0.2) is 15.8 Å². The zero-order chi connectivity index (χ0) is 21.0. The van der Waals surface area contributed by atoms with Crippen molar-refractivity contribution >= 4 is 46.2 Å². The van der Waals surface area contributed by atoms with Gasteiger partial charge in [-0.25, -0.2) is 0 Å². The van der Waals surface area contributed by atoms with Gasteiger partial charge in [-0.3, -0.25) is 15.0 Å². The summed E-state index contributed by atoms with van der Waals surface area (Å²) in [6.07, 6.45) is 1.66. The van der Waals surface area contributed by atoms with Crippen LogP contribution in [0.1, 0.15) is 22.8 Å². The van der Waals surface area contributed by atoms with Gasteiger partial charge in [0.2, 0.25) is 0 Å². The molecule has 0 radical (unpaired) electrons. The minimum atomic E-state index is -0.636. The highest BCUT2D eigenvalue weighted by molar-refractivity contribution is 8.26. The van der Waals surface area contributed by atoms with Crippen LogP contribution >= 0.6 is 24.0 Å². The van der Waals surface area contributed by atoms with Gasteiger partial charge in [0, 0.05) is 0 Å². The molecule has 150 valence electrons. The summed E-state index contributed by atoms with van der Waals surface area (Å²) in [4.78, 5) is 25.4. The van der Waals surface area contributed by atoms with Gasteiger partial charge in [-0.1, -0.05) is 30.0 Å². The van der Waals surface area contributed by atoms with Crippen molar-refractivity contribution in [2.24, 2.45) is 0 Å². The highest BCUT2D eigenvalue weighted by Gasteiger charge is 2.34. The van der Waals surface area contributed by atoms with Gasteiger partial charge in [0.25, 0.3) is 11.8 Å². The summed E-state index contributed by atoms with van der Waals surface area (Å²) in [5.74, 6) is -0.133. The summed E-state index contributed by atoms with van der Waals surface area (Å²) in [7, 11) is 1.54. The molecule has 1 fully saturated rings. The number of rotatable bonds is 6. The minimum absolute atomic E-state index is 0.0433. The largest absolute Gasteiger partial charge is 0.507 e. The second-order valence-electron chi connectivity index (χ2n) is 5.82. The molecule has 3 rings (SSSR count). The molecular formula is C20H18N2O5S2. The number of para-hydroxylation sites is 1. The first-order valence-electron chi connectivity index (χ1n) is 8.62. The Labute approximate surface area is 177 Å². The zero-order valence-electron chi connectivity index (χ0n) is 15.7. The van der Waals surface area contributed by atoms with E-state index in [-0.39, 0.29) is 15.6 Å². The molecule has 2 amide bonds. The Kier molecular flexibility index (Phi) is 6.40. The van der Waals surface area contributed by atoms with E-state index in [0.717, 1.165) is 22.3 Å². The van der Waals surface area contributed by atoms with E-state index in [0.29, 0.717) is 23.0 Å². The number of hydrogen-bond donors (Lipinski definition) is 2. The summed E-state index contributed by atoms with van der Waals surface area (Å²) >= 11 is 6.29. The quantitative estimate of drug-likeness (QED) is 0.537. The van der Waals surface area contributed by atoms with Gasteiger partial charge in [-0.15, -0.1) is 0 Å². The number of hydrogen-bond acceptors (Lipinski definition) is 7. The Hall–Kier alpha value is -3.04. The normalized spacial score (nSPS) is 15.0. The first kappa shape index (κ1) is 20.7. The van der Waals surface area contributed by atoms with Gasteiger partial charge in [-0.05, 0) is 55.0 Å². The van der Waals surface area contributed by atoms with Gasteiger partial charge in [0.1, 0.15) is 5.75 Å². The number of carbonyl (C=O) groups is 2. The van der Waals surface area contributed by atoms with Crippen LogP contribution in [0.2, 0.25) is 0 Å². The summed E-state index contributed by atoms with van der Waals surface area (Å²) in [6, 6.07) is 11.3. The summed E-state index contributed by atoms with van der Waals surface area (Å²) in [5, 5.41) is 10.8. The van der Waals surface area contributed by atoms with Gasteiger partial charge < -0.3 is 14.6 Å². The number of thioether (sulfide) groups is 1. The molecule has 1 heterocycles. The number of benzene rings is 2. The number of hydrazine groups is 1. The molecule has 0 atom stereocenters. The van der Waals surface area contributed by atoms with Gasteiger partial charge in [-0.2, -0.15) is 5.01 Å². The Morgan fingerprint density at radius 1 is 1.28 bits per heavy atom. The maximum Gasteiger partial charge on any atom is 0.285 e. The van der Waals surface area contributed by atoms with Crippen molar-refractivity contribution in [3.63, 3.8) is 0 Å². The molecule has 0 unspecified atom stereocenters. The number of thiocarbonyl (C=S) groups is 1. The maximum atomic E-state index is 12.7. The van der Waals surface area contributed by atoms with E-state index in [9.17, 15) is 14.7 Å². The maximum absolute atomic E-state index is 12.7. The monoisotopic (exact) mass is 430 g/mol. The van der Waals surface area contributed by atoms with Crippen LogP contribution < -0.4 is 14.9 Å². The van der Waals surface area contributed by atoms with Crippen LogP contribution in [0.25, 0.3) is 6.08 Å². The topological polar surface area (TPSA) is 88.1 Å². The Balaban J connectivity index is 1.80. The standard InChI is InChI=1S/C20H18N2O5S2/c1-3-27-15-9-8-12(10-16(15)26-2)11-17-19(25)22(20(28)29-17)21-18(24)13-6-4-5-7-14(13)23/h4-11,23H,3H2,1-2H3,(H,21,24). The predicted molar refractivity (Wildman–Crippen MR) is 115 cm³/mol. The second-order valence-corrected chi connectivity index (χ2v) is 7.49. The SMILES string of the molecule is CCOc1ccc(C=C2SC(=S)N(NC(=O)c3ccccc3O)C2=O)cc1OC. The lowest BCUT2D eigenvalue weighted by Crippen LogP contribution is -2.44. The Morgan fingerprint density at radius 2 is 2.03 bits per heavy atom. The van der Waals surface area contributed by atoms with Crippen molar-refractivity contribution in [3.05, 3.63) is 58.5 Å². The van der Waals surface area contributed by atoms with Crippen LogP contribution in [-0.4, -0.2) is 40.0 Å². The van der Waals surface area contributed by atoms with E-state index in [1.165, 1.54) is 19.2 Å². The van der Waals surface area contributed by atoms with E-state index in [1.807, 2.05) is 6.92 Å². The molecule has 0 spiro atoms. The minimum Gasteiger partial charge on any atom is -0.507 e. The van der Waals surface area contributed by atoms with Gasteiger partial charge in [0.05, 0.1) is 24.2 Å². The van der Waals surface area contributed by atoms with Gasteiger partial charge >= 0.3 is 0 Å². The summed E-state index contributed by atoms with van der Waals surface area (Å²) < 4.78 is 11.0. The smallest absolute Gasteiger partial charge is 0.285 e. The predicted octanol–water partition coefficient (Wildman–Crippen LogP) is 3.35. The average Bonchev–Trinajstić information content (AvgIpc) is 2.97. The number of phenols is 1. The lowest BCUT2D eigenvalue weighted by atomic mass is 10.2. The first-order valence-corrected chi connectivity index (χ1v) is 9.84. The van der Waals surface area contributed by atoms with Crippen LogP contribution in [0.5, 0.6) is 17.2 Å². The molecule has 0 aliphatic carbocycles. The van der Waals surface area contributed by atoms with Crippen molar-refractivity contribution in [1.29, 1.82) is 0 Å². The molecular weight excluding hydrogens is 412 g/mol. The number of ether oxygens (including phenoxy) is 2. The highest BCUT2D eigenvalue weighted by Crippen LogP contribution is 2.34. The van der Waals surface area contributed by atoms with Crippen molar-refractivity contribution < 1.29 is 24.2 Å². The van der Waals surface area contributed by atoms with E-state index >= 15 is 0 Å². The lowest BCUT2D eigenvalue weighted by Gasteiger charge is -2.16. The third kappa shape index (κ3) is 4.52. The highest BCUT2D eigenvalue weighted by atomic mass is 32.2. The van der Waals surface area contributed by atoms with Crippen LogP contribution in [-0.2, 0) is 4.79 Å². The third-order valence-corrected chi connectivity index (χ3v) is 5.24. The molecule has 2 N–H and O–H groups in total. The summed E-state index contributed by atoms with van der Waals surface area (Å²) in [6.45, 7) is 2.38. The fourth-order valence-corrected chi connectivity index (χ4v) is 3.77. The third-order valence-electron chi connectivity index (χ3n) is 3.94. The molecule has 1 saturated heterocycles. The molecule has 7 nitrogen and oxygen atoms in total. The summed E-state index contributed by atoms with van der Waals surface area (Å²) in [5.41, 5.74) is 3.20. The van der Waals surface area contributed by atoms with E-state index in [1.54, 1.807) is 36.4 Å². The number of nitrogens with zero attached hydrogens (tertiary/aromatic N) is 1. The van der Waals surface area contributed by atoms with Crippen molar-refractivity contribution in [2.75, 3.05) is 13.7 Å². The molecule has 1 aliphatic heterocycles. The van der Waals surface area contributed by atoms with Crippen LogP contribution in [0.4, 0.5) is 0 Å². The second kappa shape index (κ2) is 8.97. The van der Waals surface area contributed by atoms with E-state index in [2.05, 4.69) is 5.43 Å². The van der Waals surface area contributed by atoms with Crippen LogP contribution in [0.15, 0.2) is 47.4 Å². The number of nitrogens with one attached hydrogen (secondary N) is 1. The molecule has 0 aromatic heterocycles. The van der Waals surface area contributed by atoms with Crippen molar-refractivity contribution in [1.82, 2.24) is 10.4 Å². The lowest BCUT2D eigenvalue weighted by molar-refractivity contribution is -0.123. The molecule has 0 saturated carbocycles. The Bertz CT molecular complexity index is 1010. The molecule has 2 aromatic carbocycles. The van der Waals surface area contributed by atoms with Crippen molar-refractivity contribution in [2.45, 2.75) is 6.92 Å². The first-order chi connectivity index (χ1) is 13.9. The Morgan fingerprint density at radius 3 is 2.72 bits per heavy atom. The molecule has 2 aromatic rings. The fraction of sp³-hybridized carbons (Fsp3) is 0.150. The number of methoxy groups -OCH3 is 1. The molecule has 1 aliphatic rings. The number of aromatic hydroxyl groups is 1. The van der Waals surface area contributed by atoms with E-state index < -0.39 is 11.8 Å². The van der Waals surface area contributed by atoms with Crippen LogP contribution in [0.3, 0.4) is 0 Å². The number of amides is 2. The van der Waals surface area contributed by atoms with Crippen molar-refractivity contribution in [3.8, 4) is 17.2 Å². The molecule has 29 heavy (non-hydrogen) atoms. The molecule has 0 bridgehead atoms. The number of carbonyl (C=O) groups excluding carboxylic acids is 2. The zero-order valence-corrected chi connectivity index (χ0v) is 17.3. The van der Waals surface area contributed by atoms with E-state index in [4.69, 9.17) is 21.7 Å². The molecule has 9 heteroatoms. The average molecular weight is 431 g/mol. The van der Waals surface area contributed by atoms with Crippen LogP contribution in [0, 0.1) is 0 Å². The fourth-order valence-electron chi connectivity index (χ4n) is 2.59. The number of phenolic OH excluding ortho intramolecular Hbond substituents is 1.